The first-order valence-corrected chi connectivity index (χ1v) is 7.52. The van der Waals surface area contributed by atoms with Crippen molar-refractivity contribution in [1.82, 2.24) is 5.32 Å². The van der Waals surface area contributed by atoms with E-state index in [-0.39, 0.29) is 0 Å². The Morgan fingerprint density at radius 3 is 1.76 bits per heavy atom. The third-order valence-corrected chi connectivity index (χ3v) is 3.62. The lowest BCUT2D eigenvalue weighted by molar-refractivity contribution is 0.406. The van der Waals surface area contributed by atoms with E-state index in [0.29, 0.717) is 0 Å². The normalized spacial score (nSPS) is 11.0. The van der Waals surface area contributed by atoms with Crippen LogP contribution in [0.25, 0.3) is 0 Å². The number of nitrogens with zero attached hydrogens (tertiary/aromatic N) is 1. The zero-order valence-corrected chi connectivity index (χ0v) is 12.5. The van der Waals surface area contributed by atoms with Crippen molar-refractivity contribution in [2.45, 2.75) is 31.7 Å². The fraction of sp³-hybridized carbons (Fsp3) is 0.316. The largest absolute Gasteiger partial charge is 0.299 e. The molecule has 0 aromatic heterocycles. The van der Waals surface area contributed by atoms with Crippen molar-refractivity contribution in [2.75, 3.05) is 6.54 Å². The minimum Gasteiger partial charge on any atom is -0.299 e. The Kier molecular flexibility index (Phi) is 5.54. The van der Waals surface area contributed by atoms with Crippen molar-refractivity contribution < 1.29 is 0 Å². The fourth-order valence-electron chi connectivity index (χ4n) is 2.56. The highest BCUT2D eigenvalue weighted by Gasteiger charge is 2.29. The Bertz CT molecular complexity index is 528. The second-order valence-corrected chi connectivity index (χ2v) is 5.45. The SMILES string of the molecule is CCCNC(C#N)(Cc1ccccc1)Cc1ccccc1. The van der Waals surface area contributed by atoms with Crippen LogP contribution >= 0.6 is 0 Å². The van der Waals surface area contributed by atoms with E-state index in [1.807, 2.05) is 36.4 Å². The molecular formula is C19H22N2. The zero-order valence-electron chi connectivity index (χ0n) is 12.5. The lowest BCUT2D eigenvalue weighted by Crippen LogP contribution is -2.48. The van der Waals surface area contributed by atoms with Gasteiger partial charge in [0.2, 0.25) is 0 Å². The lowest BCUT2D eigenvalue weighted by Gasteiger charge is -2.28. The standard InChI is InChI=1S/C19H22N2/c1-2-13-21-19(16-20,14-17-9-5-3-6-10-17)15-18-11-7-4-8-12-18/h3-12,21H,2,13-15H2,1H3. The summed E-state index contributed by atoms with van der Waals surface area (Å²) >= 11 is 0. The third-order valence-electron chi connectivity index (χ3n) is 3.62. The smallest absolute Gasteiger partial charge is 0.114 e. The van der Waals surface area contributed by atoms with Crippen LogP contribution in [0.2, 0.25) is 0 Å². The van der Waals surface area contributed by atoms with Gasteiger partial charge in [0.25, 0.3) is 0 Å². The molecule has 0 saturated carbocycles. The fourth-order valence-corrected chi connectivity index (χ4v) is 2.56. The predicted octanol–water partition coefficient (Wildman–Crippen LogP) is 3.73. The van der Waals surface area contributed by atoms with Gasteiger partial charge in [-0.1, -0.05) is 67.6 Å². The van der Waals surface area contributed by atoms with Gasteiger partial charge in [-0.2, -0.15) is 5.26 Å². The van der Waals surface area contributed by atoms with E-state index in [9.17, 15) is 5.26 Å². The first-order valence-electron chi connectivity index (χ1n) is 7.52. The Morgan fingerprint density at radius 1 is 0.905 bits per heavy atom. The van der Waals surface area contributed by atoms with Crippen LogP contribution in [0, 0.1) is 11.3 Å². The van der Waals surface area contributed by atoms with E-state index < -0.39 is 5.54 Å². The number of nitriles is 1. The van der Waals surface area contributed by atoms with E-state index >= 15 is 0 Å². The molecule has 108 valence electrons. The van der Waals surface area contributed by atoms with E-state index in [1.165, 1.54) is 11.1 Å². The van der Waals surface area contributed by atoms with Crippen LogP contribution in [0.1, 0.15) is 24.5 Å². The van der Waals surface area contributed by atoms with Crippen molar-refractivity contribution in [3.8, 4) is 6.07 Å². The van der Waals surface area contributed by atoms with Crippen molar-refractivity contribution in [3.05, 3.63) is 71.8 Å². The van der Waals surface area contributed by atoms with Gasteiger partial charge in [0.05, 0.1) is 6.07 Å². The van der Waals surface area contributed by atoms with E-state index in [1.54, 1.807) is 0 Å². The maximum Gasteiger partial charge on any atom is 0.114 e. The predicted molar refractivity (Wildman–Crippen MR) is 86.9 cm³/mol. The molecule has 0 aliphatic carbocycles. The molecule has 0 amide bonds. The molecule has 0 aliphatic heterocycles. The van der Waals surface area contributed by atoms with Gasteiger partial charge in [-0.15, -0.1) is 0 Å². The van der Waals surface area contributed by atoms with Crippen molar-refractivity contribution in [3.63, 3.8) is 0 Å². The summed E-state index contributed by atoms with van der Waals surface area (Å²) in [7, 11) is 0. The van der Waals surface area contributed by atoms with Crippen molar-refractivity contribution in [1.29, 1.82) is 5.26 Å². The Hall–Kier alpha value is -2.11. The molecule has 0 atom stereocenters. The van der Waals surface area contributed by atoms with Crippen molar-refractivity contribution in [2.24, 2.45) is 0 Å². The monoisotopic (exact) mass is 278 g/mol. The van der Waals surface area contributed by atoms with Crippen LogP contribution in [0.3, 0.4) is 0 Å². The number of rotatable bonds is 7. The summed E-state index contributed by atoms with van der Waals surface area (Å²) in [5, 5.41) is 13.3. The average molecular weight is 278 g/mol. The molecule has 1 N–H and O–H groups in total. The van der Waals surface area contributed by atoms with Gasteiger partial charge < -0.3 is 0 Å². The molecule has 2 heteroatoms. The maximum atomic E-state index is 9.81. The van der Waals surface area contributed by atoms with E-state index in [4.69, 9.17) is 0 Å². The first kappa shape index (κ1) is 15.3. The molecule has 2 aromatic rings. The molecule has 2 nitrogen and oxygen atoms in total. The second kappa shape index (κ2) is 7.61. The maximum absolute atomic E-state index is 9.81. The molecule has 0 saturated heterocycles. The molecule has 0 unspecified atom stereocenters. The summed E-state index contributed by atoms with van der Waals surface area (Å²) in [6.07, 6.45) is 2.46. The summed E-state index contributed by atoms with van der Waals surface area (Å²) in [5.74, 6) is 0. The van der Waals surface area contributed by atoms with Gasteiger partial charge in [-0.05, 0) is 24.1 Å². The van der Waals surface area contributed by atoms with E-state index in [2.05, 4.69) is 42.6 Å². The first-order chi connectivity index (χ1) is 10.3. The zero-order chi connectivity index (χ0) is 15.0. The summed E-state index contributed by atoms with van der Waals surface area (Å²) in [5.41, 5.74) is 1.84. The van der Waals surface area contributed by atoms with Gasteiger partial charge in [-0.25, -0.2) is 0 Å². The number of benzene rings is 2. The summed E-state index contributed by atoms with van der Waals surface area (Å²) in [6.45, 7) is 2.98. The molecule has 2 aromatic carbocycles. The average Bonchev–Trinajstić information content (AvgIpc) is 2.54. The van der Waals surface area contributed by atoms with Gasteiger partial charge in [0, 0.05) is 12.8 Å². The number of nitrogens with one attached hydrogen (secondary N) is 1. The number of hydrogen-bond acceptors (Lipinski definition) is 2. The summed E-state index contributed by atoms with van der Waals surface area (Å²) < 4.78 is 0. The third kappa shape index (κ3) is 4.44. The molecule has 0 heterocycles. The molecule has 0 bridgehead atoms. The number of hydrogen-bond donors (Lipinski definition) is 1. The van der Waals surface area contributed by atoms with Gasteiger partial charge in [0.1, 0.15) is 5.54 Å². The Morgan fingerprint density at radius 2 is 1.38 bits per heavy atom. The van der Waals surface area contributed by atoms with Crippen LogP contribution in [0.4, 0.5) is 0 Å². The van der Waals surface area contributed by atoms with Gasteiger partial charge >= 0.3 is 0 Å². The topological polar surface area (TPSA) is 35.8 Å². The lowest BCUT2D eigenvalue weighted by atomic mass is 9.85. The van der Waals surface area contributed by atoms with Gasteiger partial charge in [0.15, 0.2) is 0 Å². The van der Waals surface area contributed by atoms with Crippen LogP contribution in [0.15, 0.2) is 60.7 Å². The molecule has 0 fully saturated rings. The molecule has 0 spiro atoms. The minimum absolute atomic E-state index is 0.543. The summed E-state index contributed by atoms with van der Waals surface area (Å²) in [6, 6.07) is 23.0. The van der Waals surface area contributed by atoms with Gasteiger partial charge in [-0.3, -0.25) is 5.32 Å². The quantitative estimate of drug-likeness (QED) is 0.837. The second-order valence-electron chi connectivity index (χ2n) is 5.45. The molecule has 21 heavy (non-hydrogen) atoms. The van der Waals surface area contributed by atoms with Crippen LogP contribution in [-0.4, -0.2) is 12.1 Å². The van der Waals surface area contributed by atoms with Crippen molar-refractivity contribution >= 4 is 0 Å². The van der Waals surface area contributed by atoms with Crippen LogP contribution in [0.5, 0.6) is 0 Å². The highest BCUT2D eigenvalue weighted by Crippen LogP contribution is 2.19. The molecule has 2 rings (SSSR count). The Balaban J connectivity index is 2.23. The van der Waals surface area contributed by atoms with Crippen LogP contribution in [-0.2, 0) is 12.8 Å². The van der Waals surface area contributed by atoms with E-state index in [0.717, 1.165) is 25.8 Å². The highest BCUT2D eigenvalue weighted by molar-refractivity contribution is 5.27. The van der Waals surface area contributed by atoms with Crippen LogP contribution < -0.4 is 5.32 Å². The highest BCUT2D eigenvalue weighted by atomic mass is 15.0. The Labute approximate surface area is 127 Å². The summed E-state index contributed by atoms with van der Waals surface area (Å²) in [4.78, 5) is 0. The molecular weight excluding hydrogens is 256 g/mol. The minimum atomic E-state index is -0.543. The molecule has 0 radical (unpaired) electrons. The molecule has 0 aliphatic rings.